The van der Waals surface area contributed by atoms with E-state index in [0.29, 0.717) is 36.1 Å². The van der Waals surface area contributed by atoms with Gasteiger partial charge in [-0.15, -0.1) is 0 Å². The number of nitrogens with one attached hydrogen (secondary N) is 1. The Balaban J connectivity index is 1.43. The molecule has 2 aliphatic rings. The lowest BCUT2D eigenvalue weighted by atomic mass is 10.0. The van der Waals surface area contributed by atoms with E-state index >= 15 is 0 Å². The second-order valence-corrected chi connectivity index (χ2v) is 10.6. The van der Waals surface area contributed by atoms with Gasteiger partial charge in [-0.2, -0.15) is 4.31 Å². The summed E-state index contributed by atoms with van der Waals surface area (Å²) in [5.41, 5.74) is 1.14. The summed E-state index contributed by atoms with van der Waals surface area (Å²) in [7, 11) is -2.02. The molecule has 2 amide bonds. The van der Waals surface area contributed by atoms with E-state index in [2.05, 4.69) is 12.2 Å². The Morgan fingerprint density at radius 1 is 1.06 bits per heavy atom. The number of amides is 2. The molecule has 2 heterocycles. The minimum atomic E-state index is -3.55. The first-order valence-corrected chi connectivity index (χ1v) is 12.6. The van der Waals surface area contributed by atoms with E-state index < -0.39 is 15.9 Å². The van der Waals surface area contributed by atoms with Crippen LogP contribution in [0.5, 0.6) is 5.75 Å². The molecule has 2 saturated heterocycles. The van der Waals surface area contributed by atoms with E-state index in [1.54, 1.807) is 30.3 Å². The Bertz CT molecular complexity index is 1130. The highest BCUT2D eigenvalue weighted by Crippen LogP contribution is 2.30. The number of hydrogen-bond acceptors (Lipinski definition) is 5. The fourth-order valence-corrected chi connectivity index (χ4v) is 5.76. The Morgan fingerprint density at radius 2 is 1.73 bits per heavy atom. The summed E-state index contributed by atoms with van der Waals surface area (Å²) in [4.78, 5) is 27.1. The molecule has 176 valence electrons. The van der Waals surface area contributed by atoms with Gasteiger partial charge in [0.2, 0.25) is 21.8 Å². The Labute approximate surface area is 194 Å². The van der Waals surface area contributed by atoms with Crippen LogP contribution in [0, 0.1) is 11.8 Å². The summed E-state index contributed by atoms with van der Waals surface area (Å²) >= 11 is 0. The van der Waals surface area contributed by atoms with E-state index in [9.17, 15) is 18.0 Å². The maximum Gasteiger partial charge on any atom is 0.243 e. The first kappa shape index (κ1) is 23.3. The van der Waals surface area contributed by atoms with Crippen LogP contribution in [-0.2, 0) is 19.6 Å². The summed E-state index contributed by atoms with van der Waals surface area (Å²) in [6, 6.07) is 13.5. The van der Waals surface area contributed by atoms with Gasteiger partial charge in [0.15, 0.2) is 0 Å². The number of hydrogen-bond donors (Lipinski definition) is 1. The molecule has 2 aromatic rings. The van der Waals surface area contributed by atoms with Gasteiger partial charge in [-0.3, -0.25) is 9.59 Å². The normalized spacial score (nSPS) is 20.1. The van der Waals surface area contributed by atoms with Crippen molar-refractivity contribution in [3.8, 4) is 5.75 Å². The van der Waals surface area contributed by atoms with Crippen molar-refractivity contribution in [3.05, 3.63) is 48.5 Å². The number of rotatable bonds is 6. The smallest absolute Gasteiger partial charge is 0.243 e. The van der Waals surface area contributed by atoms with Crippen LogP contribution in [-0.4, -0.2) is 51.3 Å². The molecule has 2 aromatic carbocycles. The van der Waals surface area contributed by atoms with Crippen molar-refractivity contribution in [2.75, 3.05) is 37.0 Å². The number of carbonyl (C=O) groups is 2. The first-order valence-electron chi connectivity index (χ1n) is 11.1. The zero-order chi connectivity index (χ0) is 23.6. The predicted molar refractivity (Wildman–Crippen MR) is 126 cm³/mol. The minimum absolute atomic E-state index is 0.0903. The van der Waals surface area contributed by atoms with Crippen molar-refractivity contribution in [1.29, 1.82) is 0 Å². The zero-order valence-corrected chi connectivity index (χ0v) is 19.7. The highest BCUT2D eigenvalue weighted by Gasteiger charge is 2.36. The van der Waals surface area contributed by atoms with Crippen LogP contribution in [0.1, 0.15) is 26.2 Å². The summed E-state index contributed by atoms with van der Waals surface area (Å²) in [6.07, 6.45) is 1.81. The molecule has 0 radical (unpaired) electrons. The molecule has 1 N–H and O–H groups in total. The summed E-state index contributed by atoms with van der Waals surface area (Å²) in [5, 5.41) is 2.84. The molecule has 33 heavy (non-hydrogen) atoms. The maximum atomic E-state index is 12.9. The van der Waals surface area contributed by atoms with Crippen LogP contribution in [0.15, 0.2) is 53.4 Å². The third-order valence-electron chi connectivity index (χ3n) is 6.39. The number of methoxy groups -OCH3 is 1. The molecular weight excluding hydrogens is 442 g/mol. The van der Waals surface area contributed by atoms with Gasteiger partial charge in [0.05, 0.1) is 23.6 Å². The van der Waals surface area contributed by atoms with E-state index in [-0.39, 0.29) is 29.7 Å². The number of nitrogens with zero attached hydrogens (tertiary/aromatic N) is 2. The number of anilines is 2. The van der Waals surface area contributed by atoms with Gasteiger partial charge in [-0.25, -0.2) is 8.42 Å². The number of piperidine rings is 1. The van der Waals surface area contributed by atoms with Gasteiger partial charge >= 0.3 is 0 Å². The highest BCUT2D eigenvalue weighted by atomic mass is 32.2. The van der Waals surface area contributed by atoms with Crippen molar-refractivity contribution < 1.29 is 22.7 Å². The number of carbonyl (C=O) groups excluding carboxylic acids is 2. The Morgan fingerprint density at radius 3 is 2.39 bits per heavy atom. The van der Waals surface area contributed by atoms with Gasteiger partial charge in [-0.1, -0.05) is 19.1 Å². The van der Waals surface area contributed by atoms with Crippen molar-refractivity contribution in [2.24, 2.45) is 11.8 Å². The fourth-order valence-electron chi connectivity index (χ4n) is 4.29. The Kier molecular flexibility index (Phi) is 6.71. The zero-order valence-electron chi connectivity index (χ0n) is 18.9. The molecule has 0 unspecified atom stereocenters. The molecule has 0 aliphatic carbocycles. The standard InChI is InChI=1S/C24H29N3O5S/c1-17-11-13-26(14-12-17)33(30,31)20-9-7-19(8-10-20)27-16-18(15-23(27)28)24(29)25-21-5-3-4-6-22(21)32-2/h3-10,17-18H,11-16H2,1-2H3,(H,25,29)/t18-/m0/s1. The van der Waals surface area contributed by atoms with Crippen molar-refractivity contribution in [1.82, 2.24) is 4.31 Å². The van der Waals surface area contributed by atoms with Crippen LogP contribution in [0.2, 0.25) is 0 Å². The van der Waals surface area contributed by atoms with Crippen LogP contribution in [0.25, 0.3) is 0 Å². The highest BCUT2D eigenvalue weighted by molar-refractivity contribution is 7.89. The lowest BCUT2D eigenvalue weighted by molar-refractivity contribution is -0.122. The molecule has 0 spiro atoms. The van der Waals surface area contributed by atoms with Crippen molar-refractivity contribution in [2.45, 2.75) is 31.1 Å². The van der Waals surface area contributed by atoms with Gasteiger partial charge in [-0.05, 0) is 55.2 Å². The summed E-state index contributed by atoms with van der Waals surface area (Å²) < 4.78 is 32.7. The van der Waals surface area contributed by atoms with Crippen LogP contribution in [0.3, 0.4) is 0 Å². The first-order chi connectivity index (χ1) is 15.8. The predicted octanol–water partition coefficient (Wildman–Crippen LogP) is 3.11. The third kappa shape index (κ3) is 4.89. The molecule has 0 aromatic heterocycles. The van der Waals surface area contributed by atoms with Gasteiger partial charge in [0, 0.05) is 31.7 Å². The van der Waals surface area contributed by atoms with Gasteiger partial charge in [0.1, 0.15) is 5.75 Å². The van der Waals surface area contributed by atoms with Crippen molar-refractivity contribution in [3.63, 3.8) is 0 Å². The fraction of sp³-hybridized carbons (Fsp3) is 0.417. The molecular formula is C24H29N3O5S. The lowest BCUT2D eigenvalue weighted by Gasteiger charge is -2.29. The van der Waals surface area contributed by atoms with E-state index in [0.717, 1.165) is 12.8 Å². The lowest BCUT2D eigenvalue weighted by Crippen LogP contribution is -2.37. The van der Waals surface area contributed by atoms with Crippen LogP contribution in [0.4, 0.5) is 11.4 Å². The number of para-hydroxylation sites is 2. The quantitative estimate of drug-likeness (QED) is 0.698. The molecule has 1 atom stereocenters. The molecule has 0 bridgehead atoms. The van der Waals surface area contributed by atoms with Crippen molar-refractivity contribution >= 4 is 33.2 Å². The van der Waals surface area contributed by atoms with Crippen LogP contribution >= 0.6 is 0 Å². The molecule has 9 heteroatoms. The summed E-state index contributed by atoms with van der Waals surface area (Å²) in [6.45, 7) is 3.42. The third-order valence-corrected chi connectivity index (χ3v) is 8.30. The summed E-state index contributed by atoms with van der Waals surface area (Å²) in [5.74, 6) is 0.144. The van der Waals surface area contributed by atoms with E-state index in [4.69, 9.17) is 4.74 Å². The topological polar surface area (TPSA) is 96.0 Å². The number of benzene rings is 2. The SMILES string of the molecule is COc1ccccc1NC(=O)[C@H]1CC(=O)N(c2ccc(S(=O)(=O)N3CCC(C)CC3)cc2)C1. The molecule has 0 saturated carbocycles. The molecule has 4 rings (SSSR count). The van der Waals surface area contributed by atoms with Gasteiger partial charge < -0.3 is 15.0 Å². The monoisotopic (exact) mass is 471 g/mol. The van der Waals surface area contributed by atoms with Gasteiger partial charge in [0.25, 0.3) is 0 Å². The van der Waals surface area contributed by atoms with Crippen LogP contribution < -0.4 is 15.0 Å². The number of ether oxygens (including phenoxy) is 1. The Hall–Kier alpha value is -2.91. The molecule has 2 fully saturated rings. The maximum absolute atomic E-state index is 12.9. The largest absolute Gasteiger partial charge is 0.495 e. The molecule has 8 nitrogen and oxygen atoms in total. The second kappa shape index (κ2) is 9.52. The average Bonchev–Trinajstić information content (AvgIpc) is 3.21. The molecule has 2 aliphatic heterocycles. The van der Waals surface area contributed by atoms with E-state index in [1.807, 2.05) is 6.07 Å². The second-order valence-electron chi connectivity index (χ2n) is 8.68. The van der Waals surface area contributed by atoms with E-state index in [1.165, 1.54) is 28.4 Å². The average molecular weight is 472 g/mol. The minimum Gasteiger partial charge on any atom is -0.495 e. The number of sulfonamides is 1.